The second-order valence-corrected chi connectivity index (χ2v) is 9.36. The molecule has 0 N–H and O–H groups in total. The number of carbonyl (C=O) groups excluding carboxylic acids is 2. The zero-order valence-electron chi connectivity index (χ0n) is 16.5. The summed E-state index contributed by atoms with van der Waals surface area (Å²) in [6.45, 7) is 6.35. The van der Waals surface area contributed by atoms with Gasteiger partial charge in [0.15, 0.2) is 0 Å². The molecule has 0 bridgehead atoms. The molecule has 3 rings (SSSR count). The second kappa shape index (κ2) is 8.73. The average molecular weight is 373 g/mol. The molecule has 0 unspecified atom stereocenters. The first kappa shape index (κ1) is 19.7. The van der Waals surface area contributed by atoms with Gasteiger partial charge in [0.05, 0.1) is 0 Å². The number of hydrogen-bond acceptors (Lipinski definition) is 3. The van der Waals surface area contributed by atoms with Gasteiger partial charge in [0.1, 0.15) is 17.5 Å². The van der Waals surface area contributed by atoms with Crippen molar-refractivity contribution in [3.63, 3.8) is 0 Å². The first-order valence-corrected chi connectivity index (χ1v) is 11.4. The van der Waals surface area contributed by atoms with Crippen LogP contribution in [0.2, 0.25) is 0 Å². The lowest BCUT2D eigenvalue weighted by Crippen LogP contribution is -2.34. The van der Waals surface area contributed by atoms with E-state index in [4.69, 9.17) is 0 Å². The molecule has 1 aliphatic carbocycles. The molecule has 0 radical (unpaired) electrons. The van der Waals surface area contributed by atoms with Crippen molar-refractivity contribution in [3.05, 3.63) is 34.4 Å². The molecule has 0 amide bonds. The van der Waals surface area contributed by atoms with E-state index >= 15 is 0 Å². The van der Waals surface area contributed by atoms with Crippen LogP contribution in [-0.4, -0.2) is 23.1 Å². The van der Waals surface area contributed by atoms with Crippen LogP contribution < -0.4 is 0 Å². The number of benzene rings is 1. The minimum atomic E-state index is -0.501. The molecule has 2 nitrogen and oxygen atoms in total. The quantitative estimate of drug-likeness (QED) is 0.659. The fourth-order valence-corrected chi connectivity index (χ4v) is 6.11. The summed E-state index contributed by atoms with van der Waals surface area (Å²) in [6, 6.07) is 4.33. The SMILES string of the molecule is CCc1cc(C)cc(CC)c1C1C(=O)CC(CC2CCSCC2)CC1=O. The van der Waals surface area contributed by atoms with E-state index in [-0.39, 0.29) is 17.5 Å². The van der Waals surface area contributed by atoms with Gasteiger partial charge in [-0.3, -0.25) is 9.59 Å². The van der Waals surface area contributed by atoms with Gasteiger partial charge in [-0.05, 0) is 79.1 Å². The highest BCUT2D eigenvalue weighted by molar-refractivity contribution is 7.99. The minimum absolute atomic E-state index is 0.171. The van der Waals surface area contributed by atoms with Crippen molar-refractivity contribution in [2.45, 2.75) is 71.6 Å². The zero-order chi connectivity index (χ0) is 18.7. The Morgan fingerprint density at radius 3 is 1.96 bits per heavy atom. The molecule has 0 spiro atoms. The van der Waals surface area contributed by atoms with Crippen LogP contribution in [0.1, 0.15) is 74.1 Å². The monoisotopic (exact) mass is 372 g/mol. The van der Waals surface area contributed by atoms with Gasteiger partial charge in [-0.1, -0.05) is 31.5 Å². The number of rotatable bonds is 5. The highest BCUT2D eigenvalue weighted by Gasteiger charge is 2.39. The lowest BCUT2D eigenvalue weighted by molar-refractivity contribution is -0.134. The Bertz CT molecular complexity index is 630. The third-order valence-electron chi connectivity index (χ3n) is 6.18. The number of ketones is 2. The topological polar surface area (TPSA) is 34.1 Å². The first-order valence-electron chi connectivity index (χ1n) is 10.3. The summed E-state index contributed by atoms with van der Waals surface area (Å²) in [5.41, 5.74) is 4.65. The van der Waals surface area contributed by atoms with Gasteiger partial charge >= 0.3 is 0 Å². The minimum Gasteiger partial charge on any atom is -0.299 e. The van der Waals surface area contributed by atoms with Gasteiger partial charge < -0.3 is 0 Å². The van der Waals surface area contributed by atoms with E-state index in [0.717, 1.165) is 30.7 Å². The molecule has 1 aliphatic heterocycles. The van der Waals surface area contributed by atoms with Crippen molar-refractivity contribution in [1.29, 1.82) is 0 Å². The maximum absolute atomic E-state index is 13.1. The largest absolute Gasteiger partial charge is 0.299 e. The van der Waals surface area contributed by atoms with Gasteiger partial charge in [0.2, 0.25) is 0 Å². The summed E-state index contributed by atoms with van der Waals surface area (Å²) < 4.78 is 0. The van der Waals surface area contributed by atoms with Crippen LogP contribution in [0.15, 0.2) is 12.1 Å². The average Bonchev–Trinajstić information content (AvgIpc) is 2.62. The third-order valence-corrected chi connectivity index (χ3v) is 7.23. The Morgan fingerprint density at radius 1 is 0.923 bits per heavy atom. The van der Waals surface area contributed by atoms with E-state index in [1.54, 1.807) is 0 Å². The van der Waals surface area contributed by atoms with Crippen molar-refractivity contribution in [2.75, 3.05) is 11.5 Å². The summed E-state index contributed by atoms with van der Waals surface area (Å²) >= 11 is 2.03. The molecule has 1 saturated carbocycles. The lowest BCUT2D eigenvalue weighted by Gasteiger charge is -2.32. The molecule has 1 aromatic carbocycles. The van der Waals surface area contributed by atoms with Crippen LogP contribution in [0.5, 0.6) is 0 Å². The van der Waals surface area contributed by atoms with Crippen LogP contribution in [0.3, 0.4) is 0 Å². The zero-order valence-corrected chi connectivity index (χ0v) is 17.3. The summed E-state index contributed by atoms with van der Waals surface area (Å²) in [4.78, 5) is 26.1. The Balaban J connectivity index is 1.80. The number of hydrogen-bond donors (Lipinski definition) is 0. The smallest absolute Gasteiger partial charge is 0.148 e. The molecule has 1 saturated heterocycles. The predicted octanol–water partition coefficient (Wildman–Crippen LogP) is 5.28. The summed E-state index contributed by atoms with van der Waals surface area (Å²) in [5, 5.41) is 0. The van der Waals surface area contributed by atoms with Crippen LogP contribution in [-0.2, 0) is 22.4 Å². The summed E-state index contributed by atoms with van der Waals surface area (Å²) in [6.07, 6.45) is 6.53. The van der Waals surface area contributed by atoms with Crippen molar-refractivity contribution >= 4 is 23.3 Å². The fourth-order valence-electron chi connectivity index (χ4n) is 4.91. The van der Waals surface area contributed by atoms with E-state index in [1.165, 1.54) is 41.0 Å². The van der Waals surface area contributed by atoms with Gasteiger partial charge in [0, 0.05) is 12.8 Å². The van der Waals surface area contributed by atoms with Crippen molar-refractivity contribution in [1.82, 2.24) is 0 Å². The summed E-state index contributed by atoms with van der Waals surface area (Å²) in [7, 11) is 0. The Morgan fingerprint density at radius 2 is 1.46 bits per heavy atom. The molecule has 0 aromatic heterocycles. The molecular weight excluding hydrogens is 340 g/mol. The Hall–Kier alpha value is -1.09. The van der Waals surface area contributed by atoms with E-state index in [1.807, 2.05) is 11.8 Å². The van der Waals surface area contributed by atoms with E-state index < -0.39 is 5.92 Å². The predicted molar refractivity (Wildman–Crippen MR) is 110 cm³/mol. The van der Waals surface area contributed by atoms with E-state index in [0.29, 0.717) is 12.8 Å². The maximum Gasteiger partial charge on any atom is 0.148 e. The molecule has 0 atom stereocenters. The van der Waals surface area contributed by atoms with Crippen LogP contribution in [0.25, 0.3) is 0 Å². The third kappa shape index (κ3) is 4.24. The molecule has 3 heteroatoms. The number of carbonyl (C=O) groups is 2. The molecule has 2 aliphatic rings. The van der Waals surface area contributed by atoms with Gasteiger partial charge in [-0.25, -0.2) is 0 Å². The molecule has 1 aromatic rings. The fraction of sp³-hybridized carbons (Fsp3) is 0.652. The first-order chi connectivity index (χ1) is 12.5. The molecular formula is C23H32O2S. The van der Waals surface area contributed by atoms with Crippen LogP contribution in [0, 0.1) is 18.8 Å². The van der Waals surface area contributed by atoms with Crippen molar-refractivity contribution in [3.8, 4) is 0 Å². The molecule has 2 fully saturated rings. The highest BCUT2D eigenvalue weighted by atomic mass is 32.2. The molecule has 142 valence electrons. The van der Waals surface area contributed by atoms with Crippen molar-refractivity contribution in [2.24, 2.45) is 11.8 Å². The molecule has 26 heavy (non-hydrogen) atoms. The highest BCUT2D eigenvalue weighted by Crippen LogP contribution is 2.39. The van der Waals surface area contributed by atoms with Crippen molar-refractivity contribution < 1.29 is 9.59 Å². The lowest BCUT2D eigenvalue weighted by atomic mass is 9.71. The van der Waals surface area contributed by atoms with E-state index in [2.05, 4.69) is 32.9 Å². The maximum atomic E-state index is 13.1. The second-order valence-electron chi connectivity index (χ2n) is 8.14. The normalized spacial score (nSPS) is 24.9. The number of Topliss-reactive ketones (excluding diaryl/α,β-unsaturated/α-hetero) is 2. The summed E-state index contributed by atoms with van der Waals surface area (Å²) in [5.74, 6) is 3.32. The Labute approximate surface area is 162 Å². The van der Waals surface area contributed by atoms with Crippen LogP contribution >= 0.6 is 11.8 Å². The standard InChI is InChI=1S/C23H32O2S/c1-4-18-10-15(3)11-19(5-2)22(18)23-20(24)13-17(14-21(23)25)12-16-6-8-26-9-7-16/h10-11,16-17,23H,4-9,12-14H2,1-3H3. The number of thioether (sulfide) groups is 1. The molecule has 1 heterocycles. The Kier molecular flexibility index (Phi) is 6.60. The van der Waals surface area contributed by atoms with Gasteiger partial charge in [0.25, 0.3) is 0 Å². The number of aryl methyl sites for hydroxylation is 3. The van der Waals surface area contributed by atoms with E-state index in [9.17, 15) is 9.59 Å². The van der Waals surface area contributed by atoms with Gasteiger partial charge in [-0.15, -0.1) is 0 Å². The van der Waals surface area contributed by atoms with Crippen LogP contribution in [0.4, 0.5) is 0 Å². The van der Waals surface area contributed by atoms with Gasteiger partial charge in [-0.2, -0.15) is 11.8 Å².